The van der Waals surface area contributed by atoms with E-state index in [-0.39, 0.29) is 12.0 Å². The second kappa shape index (κ2) is 6.09. The Balaban J connectivity index is 1.66. The lowest BCUT2D eigenvalue weighted by atomic mass is 9.95. The average molecular weight is 345 g/mol. The van der Waals surface area contributed by atoms with Crippen LogP contribution in [0.3, 0.4) is 0 Å². The van der Waals surface area contributed by atoms with Gasteiger partial charge in [-0.2, -0.15) is 0 Å². The molecule has 2 aliphatic heterocycles. The monoisotopic (exact) mass is 345 g/mol. The molecule has 3 aromatic rings. The summed E-state index contributed by atoms with van der Waals surface area (Å²) < 4.78 is 5.31. The normalized spacial score (nSPS) is 22.3. The number of ether oxygens (including phenoxy) is 1. The third-order valence-corrected chi connectivity index (χ3v) is 5.39. The van der Waals surface area contributed by atoms with Gasteiger partial charge >= 0.3 is 5.97 Å². The Labute approximate surface area is 151 Å². The summed E-state index contributed by atoms with van der Waals surface area (Å²) in [6.07, 6.45) is 1.91. The van der Waals surface area contributed by atoms with Gasteiger partial charge in [-0.3, -0.25) is 0 Å². The van der Waals surface area contributed by atoms with Crippen molar-refractivity contribution in [3.63, 3.8) is 0 Å². The molecule has 2 saturated heterocycles. The molecule has 0 amide bonds. The van der Waals surface area contributed by atoms with Crippen molar-refractivity contribution < 1.29 is 9.53 Å². The molecule has 0 aliphatic carbocycles. The molecular weight excluding hydrogens is 326 g/mol. The van der Waals surface area contributed by atoms with Crippen molar-refractivity contribution in [2.24, 2.45) is 5.92 Å². The molecule has 3 heterocycles. The standard InChI is InChI=1S/C21H19N3O2/c25-20-19-15(11-13-26-20)10-12-24(19)21-22-17-9-5-4-8-16(17)18(23-21)14-6-2-1-3-7-14/h1-9,15,19H,10-13H2/t15-,19-/m0/s1. The molecule has 0 spiro atoms. The van der Waals surface area contributed by atoms with Crippen LogP contribution in [0.5, 0.6) is 0 Å². The fourth-order valence-electron chi connectivity index (χ4n) is 4.11. The second-order valence-electron chi connectivity index (χ2n) is 6.90. The number of aromatic nitrogens is 2. The van der Waals surface area contributed by atoms with Crippen LogP contribution in [0.25, 0.3) is 22.2 Å². The molecule has 5 heteroatoms. The van der Waals surface area contributed by atoms with Crippen molar-refractivity contribution in [3.8, 4) is 11.3 Å². The first-order chi connectivity index (χ1) is 12.8. The van der Waals surface area contributed by atoms with Crippen molar-refractivity contribution in [1.82, 2.24) is 9.97 Å². The Hall–Kier alpha value is -2.95. The first-order valence-electron chi connectivity index (χ1n) is 9.07. The van der Waals surface area contributed by atoms with Gasteiger partial charge in [-0.05, 0) is 24.8 Å². The summed E-state index contributed by atoms with van der Waals surface area (Å²) >= 11 is 0. The van der Waals surface area contributed by atoms with E-state index < -0.39 is 0 Å². The topological polar surface area (TPSA) is 55.3 Å². The molecule has 0 N–H and O–H groups in total. The molecule has 0 radical (unpaired) electrons. The molecule has 0 bridgehead atoms. The minimum Gasteiger partial charge on any atom is -0.464 e. The lowest BCUT2D eigenvalue weighted by molar-refractivity contribution is -0.150. The number of benzene rings is 2. The highest BCUT2D eigenvalue weighted by Gasteiger charge is 2.44. The van der Waals surface area contributed by atoms with Gasteiger partial charge in [0.1, 0.15) is 6.04 Å². The van der Waals surface area contributed by atoms with Crippen molar-refractivity contribution in [2.45, 2.75) is 18.9 Å². The quantitative estimate of drug-likeness (QED) is 0.666. The van der Waals surface area contributed by atoms with Gasteiger partial charge in [-0.15, -0.1) is 0 Å². The molecule has 2 atom stereocenters. The number of fused-ring (bicyclic) bond motifs is 2. The van der Waals surface area contributed by atoms with Gasteiger partial charge in [0.15, 0.2) is 0 Å². The molecule has 5 rings (SSSR count). The summed E-state index contributed by atoms with van der Waals surface area (Å²) in [6, 6.07) is 17.9. The number of anilines is 1. The van der Waals surface area contributed by atoms with Crippen LogP contribution in [-0.2, 0) is 9.53 Å². The Kier molecular flexibility index (Phi) is 3.59. The van der Waals surface area contributed by atoms with E-state index in [2.05, 4.69) is 12.1 Å². The van der Waals surface area contributed by atoms with Crippen LogP contribution in [0.15, 0.2) is 54.6 Å². The Morgan fingerprint density at radius 3 is 2.65 bits per heavy atom. The second-order valence-corrected chi connectivity index (χ2v) is 6.90. The Bertz CT molecular complexity index is 973. The number of cyclic esters (lactones) is 1. The minimum absolute atomic E-state index is 0.142. The summed E-state index contributed by atoms with van der Waals surface area (Å²) in [7, 11) is 0. The largest absolute Gasteiger partial charge is 0.464 e. The highest BCUT2D eigenvalue weighted by Crippen LogP contribution is 2.35. The number of esters is 1. The highest BCUT2D eigenvalue weighted by atomic mass is 16.5. The maximum atomic E-state index is 12.4. The lowest BCUT2D eigenvalue weighted by Gasteiger charge is -2.30. The van der Waals surface area contributed by atoms with Gasteiger partial charge in [0, 0.05) is 17.5 Å². The number of hydrogen-bond donors (Lipinski definition) is 0. The Morgan fingerprint density at radius 2 is 1.77 bits per heavy atom. The third kappa shape index (κ3) is 2.43. The summed E-state index contributed by atoms with van der Waals surface area (Å²) in [5.74, 6) is 0.817. The van der Waals surface area contributed by atoms with E-state index in [0.717, 1.165) is 41.5 Å². The molecule has 0 saturated carbocycles. The molecule has 2 aromatic carbocycles. The van der Waals surface area contributed by atoms with Crippen LogP contribution in [0.2, 0.25) is 0 Å². The van der Waals surface area contributed by atoms with Crippen LogP contribution in [0, 0.1) is 5.92 Å². The summed E-state index contributed by atoms with van der Waals surface area (Å²) in [4.78, 5) is 24.1. The van der Waals surface area contributed by atoms with Gasteiger partial charge in [0.05, 0.1) is 17.8 Å². The SMILES string of the molecule is O=C1OCC[C@@H]2CCN(c3nc(-c4ccccc4)c4ccccc4n3)[C@H]12. The number of nitrogens with zero attached hydrogens (tertiary/aromatic N) is 3. The van der Waals surface area contributed by atoms with Crippen molar-refractivity contribution in [3.05, 3.63) is 54.6 Å². The third-order valence-electron chi connectivity index (χ3n) is 5.39. The molecule has 2 fully saturated rings. The van der Waals surface area contributed by atoms with Crippen LogP contribution >= 0.6 is 0 Å². The van der Waals surface area contributed by atoms with E-state index in [9.17, 15) is 4.79 Å². The maximum absolute atomic E-state index is 12.4. The van der Waals surface area contributed by atoms with Gasteiger partial charge < -0.3 is 9.64 Å². The molecule has 1 aromatic heterocycles. The fourth-order valence-corrected chi connectivity index (χ4v) is 4.11. The van der Waals surface area contributed by atoms with Gasteiger partial charge in [-0.1, -0.05) is 48.5 Å². The van der Waals surface area contributed by atoms with E-state index in [4.69, 9.17) is 14.7 Å². The number of hydrogen-bond acceptors (Lipinski definition) is 5. The summed E-state index contributed by atoms with van der Waals surface area (Å²) in [5.41, 5.74) is 2.84. The Morgan fingerprint density at radius 1 is 0.962 bits per heavy atom. The first-order valence-corrected chi connectivity index (χ1v) is 9.07. The predicted octanol–water partition coefficient (Wildman–Crippen LogP) is 3.44. The highest BCUT2D eigenvalue weighted by molar-refractivity contribution is 5.93. The zero-order valence-electron chi connectivity index (χ0n) is 14.3. The maximum Gasteiger partial charge on any atom is 0.329 e. The first kappa shape index (κ1) is 15.3. The lowest BCUT2D eigenvalue weighted by Crippen LogP contribution is -2.45. The minimum atomic E-state index is -0.256. The van der Waals surface area contributed by atoms with E-state index in [1.165, 1.54) is 0 Å². The van der Waals surface area contributed by atoms with Crippen LogP contribution in [-0.4, -0.2) is 35.1 Å². The average Bonchev–Trinajstić information content (AvgIpc) is 3.13. The van der Waals surface area contributed by atoms with Crippen LogP contribution in [0.4, 0.5) is 5.95 Å². The zero-order valence-corrected chi connectivity index (χ0v) is 14.3. The molecule has 5 nitrogen and oxygen atoms in total. The molecule has 0 unspecified atom stereocenters. The number of carbonyl (C=O) groups excluding carboxylic acids is 1. The van der Waals surface area contributed by atoms with Gasteiger partial charge in [0.2, 0.25) is 5.95 Å². The van der Waals surface area contributed by atoms with Gasteiger partial charge in [-0.25, -0.2) is 14.8 Å². The van der Waals surface area contributed by atoms with Crippen molar-refractivity contribution >= 4 is 22.8 Å². The smallest absolute Gasteiger partial charge is 0.329 e. The molecule has 26 heavy (non-hydrogen) atoms. The number of rotatable bonds is 2. The predicted molar refractivity (Wildman–Crippen MR) is 99.8 cm³/mol. The van der Waals surface area contributed by atoms with E-state index >= 15 is 0 Å². The van der Waals surface area contributed by atoms with Crippen LogP contribution in [0.1, 0.15) is 12.8 Å². The number of para-hydroxylation sites is 1. The van der Waals surface area contributed by atoms with Gasteiger partial charge in [0.25, 0.3) is 0 Å². The fraction of sp³-hybridized carbons (Fsp3) is 0.286. The molecular formula is C21H19N3O2. The van der Waals surface area contributed by atoms with Crippen LogP contribution < -0.4 is 4.90 Å². The number of carbonyl (C=O) groups is 1. The summed E-state index contributed by atoms with van der Waals surface area (Å²) in [5, 5.41) is 1.02. The zero-order chi connectivity index (χ0) is 17.5. The van der Waals surface area contributed by atoms with E-state index in [0.29, 0.717) is 18.5 Å². The molecule has 2 aliphatic rings. The molecule has 130 valence electrons. The van der Waals surface area contributed by atoms with E-state index in [1.807, 2.05) is 47.4 Å². The van der Waals surface area contributed by atoms with Crippen molar-refractivity contribution in [1.29, 1.82) is 0 Å². The van der Waals surface area contributed by atoms with E-state index in [1.54, 1.807) is 0 Å². The summed E-state index contributed by atoms with van der Waals surface area (Å²) in [6.45, 7) is 1.32. The van der Waals surface area contributed by atoms with Crippen molar-refractivity contribution in [2.75, 3.05) is 18.1 Å².